The van der Waals surface area contributed by atoms with Gasteiger partial charge in [-0.1, -0.05) is 47.5 Å². The van der Waals surface area contributed by atoms with Gasteiger partial charge in [-0.2, -0.15) is 0 Å². The lowest BCUT2D eigenvalue weighted by molar-refractivity contribution is -0.122. The van der Waals surface area contributed by atoms with E-state index in [0.717, 1.165) is 16.9 Å². The van der Waals surface area contributed by atoms with Crippen molar-refractivity contribution in [3.63, 3.8) is 0 Å². The SMILES string of the molecule is CCOc1ccc(C2CC(=O)C3=C(C2)NC(=O)CC3c2cccc(Cl)c2Cl)cc1. The molecule has 0 bridgehead atoms. The van der Waals surface area contributed by atoms with Crippen LogP contribution in [0, 0.1) is 0 Å². The minimum Gasteiger partial charge on any atom is -0.494 e. The van der Waals surface area contributed by atoms with E-state index in [-0.39, 0.29) is 29.9 Å². The monoisotopic (exact) mass is 429 g/mol. The summed E-state index contributed by atoms with van der Waals surface area (Å²) >= 11 is 12.6. The second kappa shape index (κ2) is 8.21. The smallest absolute Gasteiger partial charge is 0.225 e. The third-order valence-corrected chi connectivity index (χ3v) is 6.39. The van der Waals surface area contributed by atoms with Gasteiger partial charge in [-0.3, -0.25) is 9.59 Å². The average Bonchev–Trinajstić information content (AvgIpc) is 2.70. The Kier molecular flexibility index (Phi) is 5.66. The molecule has 4 nitrogen and oxygen atoms in total. The van der Waals surface area contributed by atoms with Crippen molar-refractivity contribution in [1.29, 1.82) is 0 Å². The van der Waals surface area contributed by atoms with Crippen molar-refractivity contribution in [2.45, 2.75) is 38.0 Å². The molecule has 0 aromatic heterocycles. The molecule has 2 atom stereocenters. The number of nitrogens with one attached hydrogen (secondary N) is 1. The standard InChI is InChI=1S/C23H21Cl2NO3/c1-2-29-15-8-6-13(7-9-15)14-10-19-22(20(27)11-14)17(12-21(28)26-19)16-4-3-5-18(24)23(16)25/h3-9,14,17H,2,10-12H2,1H3,(H,26,28). The fourth-order valence-electron chi connectivity index (χ4n) is 4.25. The van der Waals surface area contributed by atoms with Gasteiger partial charge in [-0.15, -0.1) is 0 Å². The molecular weight excluding hydrogens is 409 g/mol. The number of halogens is 2. The number of ether oxygens (including phenoxy) is 1. The van der Waals surface area contributed by atoms with Crippen molar-refractivity contribution < 1.29 is 14.3 Å². The fraction of sp³-hybridized carbons (Fsp3) is 0.304. The highest BCUT2D eigenvalue weighted by atomic mass is 35.5. The Balaban J connectivity index is 1.67. The Morgan fingerprint density at radius 2 is 1.79 bits per heavy atom. The molecule has 29 heavy (non-hydrogen) atoms. The quantitative estimate of drug-likeness (QED) is 0.707. The summed E-state index contributed by atoms with van der Waals surface area (Å²) in [7, 11) is 0. The van der Waals surface area contributed by atoms with Crippen LogP contribution in [0.2, 0.25) is 10.0 Å². The van der Waals surface area contributed by atoms with Crippen LogP contribution in [-0.2, 0) is 9.59 Å². The maximum absolute atomic E-state index is 13.2. The van der Waals surface area contributed by atoms with Gasteiger partial charge in [0.1, 0.15) is 5.75 Å². The molecule has 2 aromatic carbocycles. The topological polar surface area (TPSA) is 55.4 Å². The minimum atomic E-state index is -0.362. The van der Waals surface area contributed by atoms with Gasteiger partial charge in [0.2, 0.25) is 5.91 Å². The van der Waals surface area contributed by atoms with Gasteiger partial charge >= 0.3 is 0 Å². The first-order valence-electron chi connectivity index (χ1n) is 9.70. The van der Waals surface area contributed by atoms with Gasteiger partial charge in [-0.25, -0.2) is 0 Å². The summed E-state index contributed by atoms with van der Waals surface area (Å²) in [4.78, 5) is 25.6. The van der Waals surface area contributed by atoms with Gasteiger partial charge in [0.05, 0.1) is 16.7 Å². The molecule has 1 aliphatic heterocycles. The minimum absolute atomic E-state index is 0.0193. The van der Waals surface area contributed by atoms with Crippen LogP contribution in [0.1, 0.15) is 49.1 Å². The number of Topliss-reactive ketones (excluding diaryl/α,β-unsaturated/α-hetero) is 1. The second-order valence-corrected chi connectivity index (χ2v) is 8.16. The summed E-state index contributed by atoms with van der Waals surface area (Å²) in [5.74, 6) is 0.403. The molecule has 4 rings (SSSR count). The van der Waals surface area contributed by atoms with Crippen molar-refractivity contribution in [3.8, 4) is 5.75 Å². The van der Waals surface area contributed by atoms with Gasteiger partial charge in [0, 0.05) is 30.0 Å². The number of carbonyl (C=O) groups is 2. The molecule has 0 saturated carbocycles. The predicted octanol–water partition coefficient (Wildman–Crippen LogP) is 5.40. The molecule has 1 amide bonds. The molecule has 2 aliphatic rings. The molecule has 2 aromatic rings. The van der Waals surface area contributed by atoms with Crippen LogP contribution >= 0.6 is 23.2 Å². The summed E-state index contributed by atoms with van der Waals surface area (Å²) in [6.45, 7) is 2.55. The molecule has 1 N–H and O–H groups in total. The van der Waals surface area contributed by atoms with E-state index < -0.39 is 0 Å². The number of benzene rings is 2. The van der Waals surface area contributed by atoms with Crippen LogP contribution in [0.25, 0.3) is 0 Å². The largest absolute Gasteiger partial charge is 0.494 e. The molecule has 0 radical (unpaired) electrons. The van der Waals surface area contributed by atoms with Crippen LogP contribution in [-0.4, -0.2) is 18.3 Å². The molecule has 0 spiro atoms. The maximum atomic E-state index is 13.2. The number of amides is 1. The summed E-state index contributed by atoms with van der Waals surface area (Å²) in [5, 5.41) is 3.76. The van der Waals surface area contributed by atoms with Crippen molar-refractivity contribution in [2.75, 3.05) is 6.61 Å². The van der Waals surface area contributed by atoms with E-state index in [1.807, 2.05) is 37.3 Å². The molecule has 1 heterocycles. The zero-order chi connectivity index (χ0) is 20.5. The number of ketones is 1. The maximum Gasteiger partial charge on any atom is 0.225 e. The highest BCUT2D eigenvalue weighted by Gasteiger charge is 2.39. The van der Waals surface area contributed by atoms with Gasteiger partial charge in [0.25, 0.3) is 0 Å². The van der Waals surface area contributed by atoms with Crippen LogP contribution in [0.3, 0.4) is 0 Å². The van der Waals surface area contributed by atoms with E-state index in [9.17, 15) is 9.59 Å². The van der Waals surface area contributed by atoms with Gasteiger partial charge < -0.3 is 10.1 Å². The summed E-state index contributed by atoms with van der Waals surface area (Å²) < 4.78 is 5.50. The second-order valence-electron chi connectivity index (χ2n) is 7.37. The summed E-state index contributed by atoms with van der Waals surface area (Å²) in [6.07, 6.45) is 1.20. The molecule has 2 unspecified atom stereocenters. The van der Waals surface area contributed by atoms with Crippen molar-refractivity contribution in [2.24, 2.45) is 0 Å². The number of carbonyl (C=O) groups excluding carboxylic acids is 2. The van der Waals surface area contributed by atoms with Crippen molar-refractivity contribution >= 4 is 34.9 Å². The van der Waals surface area contributed by atoms with Crippen molar-refractivity contribution in [3.05, 3.63) is 74.9 Å². The normalized spacial score (nSPS) is 21.6. The number of hydrogen-bond donors (Lipinski definition) is 1. The van der Waals surface area contributed by atoms with Crippen LogP contribution in [0.4, 0.5) is 0 Å². The Bertz CT molecular complexity index is 998. The van der Waals surface area contributed by atoms with Crippen molar-refractivity contribution in [1.82, 2.24) is 5.32 Å². The highest BCUT2D eigenvalue weighted by molar-refractivity contribution is 6.42. The van der Waals surface area contributed by atoms with E-state index in [0.29, 0.717) is 40.8 Å². The Hall–Kier alpha value is -2.30. The van der Waals surface area contributed by atoms with Gasteiger partial charge in [-0.05, 0) is 48.6 Å². The Labute approximate surface area is 179 Å². The number of hydrogen-bond acceptors (Lipinski definition) is 3. The highest BCUT2D eigenvalue weighted by Crippen LogP contribution is 2.45. The lowest BCUT2D eigenvalue weighted by atomic mass is 9.73. The fourth-order valence-corrected chi connectivity index (χ4v) is 4.69. The number of allylic oxidation sites excluding steroid dienone is 2. The average molecular weight is 430 g/mol. The van der Waals surface area contributed by atoms with Crippen LogP contribution < -0.4 is 10.1 Å². The first kappa shape index (κ1) is 20.0. The number of rotatable bonds is 4. The van der Waals surface area contributed by atoms with Gasteiger partial charge in [0.15, 0.2) is 5.78 Å². The van der Waals surface area contributed by atoms with E-state index in [4.69, 9.17) is 27.9 Å². The summed E-state index contributed by atoms with van der Waals surface area (Å²) in [6, 6.07) is 13.2. The third kappa shape index (κ3) is 3.92. The third-order valence-electron chi connectivity index (χ3n) is 5.56. The molecular formula is C23H21Cl2NO3. The first-order valence-corrected chi connectivity index (χ1v) is 10.5. The summed E-state index contributed by atoms with van der Waals surface area (Å²) in [5.41, 5.74) is 3.16. The predicted molar refractivity (Wildman–Crippen MR) is 114 cm³/mol. The van der Waals surface area contributed by atoms with E-state index in [1.165, 1.54) is 0 Å². The molecule has 0 saturated heterocycles. The molecule has 0 fully saturated rings. The van der Waals surface area contributed by atoms with E-state index in [1.54, 1.807) is 12.1 Å². The lowest BCUT2D eigenvalue weighted by Gasteiger charge is -2.34. The van der Waals surface area contributed by atoms with Crippen LogP contribution in [0.5, 0.6) is 5.75 Å². The first-order chi connectivity index (χ1) is 14.0. The van der Waals surface area contributed by atoms with E-state index in [2.05, 4.69) is 5.32 Å². The Morgan fingerprint density at radius 3 is 2.52 bits per heavy atom. The van der Waals surface area contributed by atoms with E-state index >= 15 is 0 Å². The molecule has 150 valence electrons. The zero-order valence-electron chi connectivity index (χ0n) is 16.0. The van der Waals surface area contributed by atoms with Crippen LogP contribution in [0.15, 0.2) is 53.7 Å². The Morgan fingerprint density at radius 1 is 1.03 bits per heavy atom. The lowest BCUT2D eigenvalue weighted by Crippen LogP contribution is -2.38. The zero-order valence-corrected chi connectivity index (χ0v) is 17.5. The molecule has 1 aliphatic carbocycles. The molecule has 6 heteroatoms.